The Morgan fingerprint density at radius 1 is 1.26 bits per heavy atom. The molecule has 3 atom stereocenters. The summed E-state index contributed by atoms with van der Waals surface area (Å²) in [6.07, 6.45) is 18.5. The molecule has 3 nitrogen and oxygen atoms in total. The Morgan fingerprint density at radius 2 is 1.95 bits per heavy atom. The maximum Gasteiger partial charge on any atom is 0.251 e. The lowest BCUT2D eigenvalue weighted by molar-refractivity contribution is 0.0942. The lowest BCUT2D eigenvalue weighted by Crippen LogP contribution is -2.32. The van der Waals surface area contributed by atoms with E-state index in [2.05, 4.69) is 89.9 Å². The maximum absolute atomic E-state index is 13.3. The molecule has 1 saturated carbocycles. The second-order valence-corrected chi connectivity index (χ2v) is 11.6. The summed E-state index contributed by atoms with van der Waals surface area (Å²) in [6, 6.07) is 6.62. The van der Waals surface area contributed by atoms with Crippen LogP contribution in [-0.4, -0.2) is 24.4 Å². The van der Waals surface area contributed by atoms with Gasteiger partial charge >= 0.3 is 0 Å². The summed E-state index contributed by atoms with van der Waals surface area (Å²) in [7, 11) is 2.19. The van der Waals surface area contributed by atoms with Crippen molar-refractivity contribution in [3.8, 4) is 12.3 Å². The predicted molar refractivity (Wildman–Crippen MR) is 164 cm³/mol. The molecule has 1 aromatic rings. The Bertz CT molecular complexity index is 1080. The van der Waals surface area contributed by atoms with Crippen molar-refractivity contribution in [2.45, 2.75) is 106 Å². The van der Waals surface area contributed by atoms with Crippen molar-refractivity contribution in [3.63, 3.8) is 0 Å². The van der Waals surface area contributed by atoms with E-state index in [-0.39, 0.29) is 17.4 Å². The maximum atomic E-state index is 13.3. The second-order valence-electron chi connectivity index (χ2n) is 11.6. The van der Waals surface area contributed by atoms with E-state index in [1.165, 1.54) is 41.7 Å². The zero-order chi connectivity index (χ0) is 28.5. The minimum absolute atomic E-state index is 0.0179. The van der Waals surface area contributed by atoms with Crippen LogP contribution in [0, 0.1) is 23.7 Å². The van der Waals surface area contributed by atoms with Crippen LogP contribution in [0.25, 0.3) is 0 Å². The van der Waals surface area contributed by atoms with Crippen molar-refractivity contribution in [1.82, 2.24) is 10.2 Å². The molecule has 1 fully saturated rings. The molecule has 0 aliphatic heterocycles. The topological polar surface area (TPSA) is 32.3 Å². The third kappa shape index (κ3) is 7.66. The molecule has 0 radical (unpaired) electrons. The molecule has 0 heterocycles. The lowest BCUT2D eigenvalue weighted by Gasteiger charge is -2.35. The summed E-state index contributed by atoms with van der Waals surface area (Å²) in [5.41, 5.74) is 7.18. The summed E-state index contributed by atoms with van der Waals surface area (Å²) in [5, 5.41) is 3.23. The highest BCUT2D eigenvalue weighted by Gasteiger charge is 2.29. The highest BCUT2D eigenvalue weighted by atomic mass is 16.1. The van der Waals surface area contributed by atoms with Gasteiger partial charge in [-0.15, -0.1) is 6.42 Å². The van der Waals surface area contributed by atoms with E-state index in [0.717, 1.165) is 30.4 Å². The number of hydrogen-bond donors (Lipinski definition) is 1. The Morgan fingerprint density at radius 3 is 2.45 bits per heavy atom. The number of terminal acetylenes is 1. The molecule has 1 amide bonds. The van der Waals surface area contributed by atoms with Crippen LogP contribution in [0.5, 0.6) is 0 Å². The van der Waals surface area contributed by atoms with Gasteiger partial charge in [0, 0.05) is 30.4 Å². The molecule has 0 saturated heterocycles. The fourth-order valence-electron chi connectivity index (χ4n) is 5.56. The van der Waals surface area contributed by atoms with Crippen LogP contribution in [0.2, 0.25) is 0 Å². The third-order valence-corrected chi connectivity index (χ3v) is 9.19. The van der Waals surface area contributed by atoms with Crippen molar-refractivity contribution in [1.29, 1.82) is 0 Å². The van der Waals surface area contributed by atoms with Crippen LogP contribution < -0.4 is 5.32 Å². The van der Waals surface area contributed by atoms with Gasteiger partial charge in [-0.05, 0) is 93.9 Å². The number of hydrogen-bond acceptors (Lipinski definition) is 2. The molecule has 0 bridgehead atoms. The summed E-state index contributed by atoms with van der Waals surface area (Å²) < 4.78 is 0. The van der Waals surface area contributed by atoms with Gasteiger partial charge in [0.25, 0.3) is 5.91 Å². The largest absolute Gasteiger partial charge is 0.371 e. The molecule has 208 valence electrons. The smallest absolute Gasteiger partial charge is 0.251 e. The first kappa shape index (κ1) is 31.5. The lowest BCUT2D eigenvalue weighted by atomic mass is 9.73. The van der Waals surface area contributed by atoms with E-state index in [1.807, 2.05) is 25.1 Å². The number of benzene rings is 1. The van der Waals surface area contributed by atoms with Gasteiger partial charge in [-0.3, -0.25) is 4.79 Å². The van der Waals surface area contributed by atoms with Gasteiger partial charge < -0.3 is 10.2 Å². The number of nitrogens with one attached hydrogen (secondary N) is 1. The highest BCUT2D eigenvalue weighted by molar-refractivity contribution is 5.94. The third-order valence-electron chi connectivity index (χ3n) is 9.19. The van der Waals surface area contributed by atoms with Crippen LogP contribution in [0.1, 0.15) is 127 Å². The van der Waals surface area contributed by atoms with Crippen molar-refractivity contribution < 1.29 is 4.79 Å². The van der Waals surface area contributed by atoms with E-state index in [1.54, 1.807) is 0 Å². The Kier molecular flexibility index (Phi) is 12.0. The van der Waals surface area contributed by atoms with Gasteiger partial charge in [0.05, 0.1) is 6.04 Å². The van der Waals surface area contributed by atoms with Gasteiger partial charge in [0.1, 0.15) is 0 Å². The van der Waals surface area contributed by atoms with Crippen LogP contribution in [-0.2, 0) is 0 Å². The summed E-state index contributed by atoms with van der Waals surface area (Å²) >= 11 is 0. The average molecular weight is 517 g/mol. The molecule has 1 aliphatic carbocycles. The summed E-state index contributed by atoms with van der Waals surface area (Å²) in [5.74, 6) is 3.70. The van der Waals surface area contributed by atoms with Crippen molar-refractivity contribution in [2.24, 2.45) is 11.3 Å². The van der Waals surface area contributed by atoms with Gasteiger partial charge in [0.15, 0.2) is 0 Å². The number of amides is 1. The minimum Gasteiger partial charge on any atom is -0.371 e. The predicted octanol–water partition coefficient (Wildman–Crippen LogP) is 8.96. The van der Waals surface area contributed by atoms with E-state index in [0.29, 0.717) is 18.4 Å². The number of nitrogens with zero attached hydrogens (tertiary/aromatic N) is 1. The van der Waals surface area contributed by atoms with Crippen LogP contribution in [0.4, 0.5) is 0 Å². The first-order valence-corrected chi connectivity index (χ1v) is 14.6. The standard InChI is InChI=1S/C35H52N2O/c1-11-28(12-2)19-18-26(7)35(9,14-4)22-23-36-34(38)30-20-21-31(29-16-15-17-29)32(24-30)27(8)37(10)33(13-3)25(5)6/h1,12,18-21,24,26-27,29H,13-17,22-23H2,2-10H3,(H,36,38)/b19-18-,28-12-/t26?,27-,35?/m1/s1. The van der Waals surface area contributed by atoms with E-state index < -0.39 is 0 Å². The molecule has 0 spiro atoms. The fourth-order valence-corrected chi connectivity index (χ4v) is 5.56. The van der Waals surface area contributed by atoms with Crippen molar-refractivity contribution >= 4 is 5.91 Å². The van der Waals surface area contributed by atoms with Crippen LogP contribution in [0.3, 0.4) is 0 Å². The zero-order valence-corrected chi connectivity index (χ0v) is 25.6. The first-order chi connectivity index (χ1) is 18.0. The summed E-state index contributed by atoms with van der Waals surface area (Å²) in [6.45, 7) is 18.3. The fraction of sp³-hybridized carbons (Fsp3) is 0.571. The zero-order valence-electron chi connectivity index (χ0n) is 25.6. The minimum atomic E-state index is 0.0179. The Labute approximate surface area is 233 Å². The average Bonchev–Trinajstić information content (AvgIpc) is 2.87. The Hall–Kier alpha value is -2.73. The van der Waals surface area contributed by atoms with Gasteiger partial charge in [-0.25, -0.2) is 0 Å². The normalized spacial score (nSPS) is 17.2. The molecule has 3 heteroatoms. The van der Waals surface area contributed by atoms with Gasteiger partial charge in [-0.2, -0.15) is 0 Å². The number of carbonyl (C=O) groups is 1. The number of allylic oxidation sites excluding steroid dienone is 6. The molecule has 2 unspecified atom stereocenters. The van der Waals surface area contributed by atoms with E-state index in [4.69, 9.17) is 6.42 Å². The number of rotatable bonds is 13. The molecule has 38 heavy (non-hydrogen) atoms. The Balaban J connectivity index is 2.19. The van der Waals surface area contributed by atoms with Gasteiger partial charge in [0.2, 0.25) is 0 Å². The molecule has 1 aliphatic rings. The molecular formula is C35H52N2O. The van der Waals surface area contributed by atoms with Crippen LogP contribution in [0.15, 0.2) is 53.3 Å². The second kappa shape index (κ2) is 14.4. The van der Waals surface area contributed by atoms with Gasteiger partial charge in [-0.1, -0.05) is 76.3 Å². The molecular weight excluding hydrogens is 464 g/mol. The first-order valence-electron chi connectivity index (χ1n) is 14.6. The molecule has 0 aromatic heterocycles. The number of carbonyl (C=O) groups excluding carboxylic acids is 1. The van der Waals surface area contributed by atoms with E-state index in [9.17, 15) is 4.79 Å². The quantitative estimate of drug-likeness (QED) is 0.210. The van der Waals surface area contributed by atoms with Crippen molar-refractivity contribution in [3.05, 3.63) is 70.0 Å². The summed E-state index contributed by atoms with van der Waals surface area (Å²) in [4.78, 5) is 15.7. The SMILES string of the molecule is C#CC(/C=C\C(C)C(C)(CC)CCNC(=O)c1ccc(C2CCC2)c([C@@H](C)N(C)C(CC)=C(C)C)c1)=C/C. The molecule has 1 aromatic carbocycles. The molecule has 2 rings (SSSR count). The monoisotopic (exact) mass is 516 g/mol. The van der Waals surface area contributed by atoms with Crippen molar-refractivity contribution in [2.75, 3.05) is 13.6 Å². The highest BCUT2D eigenvalue weighted by Crippen LogP contribution is 2.41. The van der Waals surface area contributed by atoms with Crippen LogP contribution >= 0.6 is 0 Å². The van der Waals surface area contributed by atoms with E-state index >= 15 is 0 Å². The molecule has 1 N–H and O–H groups in total.